The summed E-state index contributed by atoms with van der Waals surface area (Å²) in [6.45, 7) is -0.440. The fourth-order valence-electron chi connectivity index (χ4n) is 3.03. The Bertz CT molecular complexity index is 1080. The number of likely N-dealkylation sites (N-methyl/N-ethyl adjacent to an activating group) is 1. The summed E-state index contributed by atoms with van der Waals surface area (Å²) in [5.41, 5.74) is 1.75. The van der Waals surface area contributed by atoms with Crippen molar-refractivity contribution >= 4 is 52.2 Å². The molecule has 0 aromatic heterocycles. The number of nitrogens with zero attached hydrogens (tertiary/aromatic N) is 2. The van der Waals surface area contributed by atoms with Gasteiger partial charge in [-0.2, -0.15) is 0 Å². The molecule has 0 spiro atoms. The fourth-order valence-corrected chi connectivity index (χ4v) is 3.87. The lowest BCUT2D eigenvalue weighted by atomic mass is 10.2. The first-order valence-electron chi connectivity index (χ1n) is 9.06. The van der Waals surface area contributed by atoms with Gasteiger partial charge in [-0.15, -0.1) is 0 Å². The van der Waals surface area contributed by atoms with Crippen molar-refractivity contribution in [3.05, 3.63) is 59.0 Å². The maximum Gasteiger partial charge on any atom is 0.294 e. The first-order valence-corrected chi connectivity index (χ1v) is 9.88. The molecule has 0 bridgehead atoms. The van der Waals surface area contributed by atoms with Crippen LogP contribution in [0.15, 0.2) is 53.4 Å². The zero-order chi connectivity index (χ0) is 21.3. The molecule has 2 aliphatic rings. The van der Waals surface area contributed by atoms with Gasteiger partial charge in [-0.1, -0.05) is 30.3 Å². The Morgan fingerprint density at radius 3 is 2.70 bits per heavy atom. The predicted molar refractivity (Wildman–Crippen MR) is 113 cm³/mol. The third-order valence-corrected chi connectivity index (χ3v) is 5.51. The van der Waals surface area contributed by atoms with Crippen LogP contribution in [0.5, 0.6) is 5.75 Å². The second-order valence-electron chi connectivity index (χ2n) is 6.65. The van der Waals surface area contributed by atoms with Crippen molar-refractivity contribution in [2.75, 3.05) is 30.4 Å². The topological polar surface area (TPSA) is 96.0 Å². The zero-order valence-electron chi connectivity index (χ0n) is 16.0. The molecule has 4 rings (SSSR count). The van der Waals surface area contributed by atoms with Crippen molar-refractivity contribution in [3.63, 3.8) is 0 Å². The molecule has 0 radical (unpaired) electrons. The van der Waals surface area contributed by atoms with Gasteiger partial charge < -0.3 is 15.0 Å². The highest BCUT2D eigenvalue weighted by molar-refractivity contribution is 8.18. The van der Waals surface area contributed by atoms with Crippen molar-refractivity contribution < 1.29 is 23.9 Å². The van der Waals surface area contributed by atoms with E-state index in [1.54, 1.807) is 31.3 Å². The third-order valence-electron chi connectivity index (χ3n) is 4.60. The van der Waals surface area contributed by atoms with Crippen LogP contribution in [0, 0.1) is 0 Å². The average Bonchev–Trinajstić information content (AvgIpc) is 2.99. The Morgan fingerprint density at radius 1 is 1.17 bits per heavy atom. The van der Waals surface area contributed by atoms with E-state index in [2.05, 4.69) is 5.32 Å². The smallest absolute Gasteiger partial charge is 0.294 e. The average molecular weight is 423 g/mol. The van der Waals surface area contributed by atoms with Gasteiger partial charge in [0, 0.05) is 12.7 Å². The number of nitrogens with one attached hydrogen (secondary N) is 1. The van der Waals surface area contributed by atoms with Gasteiger partial charge in [0.1, 0.15) is 12.3 Å². The summed E-state index contributed by atoms with van der Waals surface area (Å²) in [6, 6.07) is 14.0. The summed E-state index contributed by atoms with van der Waals surface area (Å²) >= 11 is 0.802. The molecule has 0 aliphatic carbocycles. The van der Waals surface area contributed by atoms with Crippen molar-refractivity contribution in [3.8, 4) is 5.75 Å². The molecule has 2 aliphatic heterocycles. The molecule has 2 aromatic carbocycles. The van der Waals surface area contributed by atoms with Gasteiger partial charge in [-0.25, -0.2) is 0 Å². The summed E-state index contributed by atoms with van der Waals surface area (Å²) in [5.74, 6) is -0.696. The SMILES string of the molecule is CN1C(=O)COc2ccc(NC(=O)CN3C(=O)S/C(=C/c4ccccc4)C3=O)cc21. The van der Waals surface area contributed by atoms with Gasteiger partial charge in [-0.3, -0.25) is 24.1 Å². The van der Waals surface area contributed by atoms with E-state index in [-0.39, 0.29) is 17.4 Å². The fraction of sp³-hybridized carbons (Fsp3) is 0.143. The van der Waals surface area contributed by atoms with Gasteiger partial charge in [0.25, 0.3) is 17.1 Å². The number of fused-ring (bicyclic) bond motifs is 1. The van der Waals surface area contributed by atoms with Gasteiger partial charge in [-0.05, 0) is 41.6 Å². The molecular formula is C21H17N3O5S. The van der Waals surface area contributed by atoms with Crippen LogP contribution in [0.3, 0.4) is 0 Å². The van der Waals surface area contributed by atoms with Crippen LogP contribution in [0.4, 0.5) is 16.2 Å². The van der Waals surface area contributed by atoms with E-state index in [1.165, 1.54) is 4.90 Å². The van der Waals surface area contributed by atoms with E-state index in [0.717, 1.165) is 22.2 Å². The highest BCUT2D eigenvalue weighted by Gasteiger charge is 2.36. The Kier molecular flexibility index (Phi) is 5.28. The summed E-state index contributed by atoms with van der Waals surface area (Å²) < 4.78 is 5.35. The van der Waals surface area contributed by atoms with Crippen LogP contribution in [-0.2, 0) is 14.4 Å². The van der Waals surface area contributed by atoms with Crippen molar-refractivity contribution in [1.82, 2.24) is 4.90 Å². The standard InChI is InChI=1S/C21H17N3O5S/c1-23-15-10-14(7-8-16(15)29-12-19(23)26)22-18(25)11-24-20(27)17(30-21(24)28)9-13-5-3-2-4-6-13/h2-10H,11-12H2,1H3,(H,22,25)/b17-9+. The lowest BCUT2D eigenvalue weighted by molar-refractivity contribution is -0.127. The van der Waals surface area contributed by atoms with Gasteiger partial charge in [0.05, 0.1) is 10.6 Å². The van der Waals surface area contributed by atoms with Gasteiger partial charge in [0.15, 0.2) is 6.61 Å². The molecule has 1 saturated heterocycles. The third kappa shape index (κ3) is 3.92. The van der Waals surface area contributed by atoms with E-state index in [9.17, 15) is 19.2 Å². The molecule has 1 fully saturated rings. The van der Waals surface area contributed by atoms with Crippen LogP contribution in [0.2, 0.25) is 0 Å². The summed E-state index contributed by atoms with van der Waals surface area (Å²) in [4.78, 5) is 51.6. The minimum Gasteiger partial charge on any atom is -0.482 e. The number of anilines is 2. The number of hydrogen-bond acceptors (Lipinski definition) is 6. The number of amides is 4. The molecule has 0 saturated carbocycles. The van der Waals surface area contributed by atoms with Crippen LogP contribution >= 0.6 is 11.8 Å². The largest absolute Gasteiger partial charge is 0.482 e. The van der Waals surface area contributed by atoms with Crippen molar-refractivity contribution in [1.29, 1.82) is 0 Å². The quantitative estimate of drug-likeness (QED) is 0.760. The number of rotatable bonds is 4. The Morgan fingerprint density at radius 2 is 1.93 bits per heavy atom. The number of imide groups is 1. The molecule has 9 heteroatoms. The van der Waals surface area contributed by atoms with E-state index in [4.69, 9.17) is 4.74 Å². The zero-order valence-corrected chi connectivity index (χ0v) is 16.8. The van der Waals surface area contributed by atoms with Crippen LogP contribution in [0.25, 0.3) is 6.08 Å². The maximum absolute atomic E-state index is 12.6. The van der Waals surface area contributed by atoms with Crippen LogP contribution in [0.1, 0.15) is 5.56 Å². The molecule has 2 aromatic rings. The van der Waals surface area contributed by atoms with E-state index >= 15 is 0 Å². The molecule has 0 atom stereocenters. The summed E-state index contributed by atoms with van der Waals surface area (Å²) in [5, 5.41) is 2.15. The molecule has 30 heavy (non-hydrogen) atoms. The maximum atomic E-state index is 12.6. The Balaban J connectivity index is 1.44. The van der Waals surface area contributed by atoms with Crippen LogP contribution in [-0.4, -0.2) is 48.1 Å². The molecule has 8 nitrogen and oxygen atoms in total. The van der Waals surface area contributed by atoms with Gasteiger partial charge in [0.2, 0.25) is 5.91 Å². The second-order valence-corrected chi connectivity index (χ2v) is 7.64. The number of carbonyl (C=O) groups excluding carboxylic acids is 4. The lowest BCUT2D eigenvalue weighted by Gasteiger charge is -2.26. The number of benzene rings is 2. The van der Waals surface area contributed by atoms with E-state index < -0.39 is 23.6 Å². The lowest BCUT2D eigenvalue weighted by Crippen LogP contribution is -2.37. The first kappa shape index (κ1) is 19.7. The summed E-state index contributed by atoms with van der Waals surface area (Å²) in [6.07, 6.45) is 1.62. The highest BCUT2D eigenvalue weighted by atomic mass is 32.2. The molecular weight excluding hydrogens is 406 g/mol. The molecule has 1 N–H and O–H groups in total. The van der Waals surface area contributed by atoms with Crippen LogP contribution < -0.4 is 15.0 Å². The number of hydrogen-bond donors (Lipinski definition) is 1. The minimum absolute atomic E-state index is 0.0368. The number of ether oxygens (including phenoxy) is 1. The molecule has 152 valence electrons. The minimum atomic E-state index is -0.524. The van der Waals surface area contributed by atoms with E-state index in [1.807, 2.05) is 30.3 Å². The van der Waals surface area contributed by atoms with Crippen molar-refractivity contribution in [2.45, 2.75) is 0 Å². The van der Waals surface area contributed by atoms with E-state index in [0.29, 0.717) is 17.1 Å². The van der Waals surface area contributed by atoms with Crippen molar-refractivity contribution in [2.24, 2.45) is 0 Å². The Labute approximate surface area is 176 Å². The summed E-state index contributed by atoms with van der Waals surface area (Å²) in [7, 11) is 1.62. The normalized spacial score (nSPS) is 17.2. The predicted octanol–water partition coefficient (Wildman–Crippen LogP) is 2.72. The molecule has 2 heterocycles. The highest BCUT2D eigenvalue weighted by Crippen LogP contribution is 2.34. The molecule has 4 amide bonds. The Hall–Kier alpha value is -3.59. The first-order chi connectivity index (χ1) is 14.4. The van der Waals surface area contributed by atoms with Gasteiger partial charge >= 0.3 is 0 Å². The monoisotopic (exact) mass is 423 g/mol. The molecule has 0 unspecified atom stereocenters. The number of thioether (sulfide) groups is 1. The second kappa shape index (κ2) is 8.03. The number of carbonyl (C=O) groups is 4.